The lowest BCUT2D eigenvalue weighted by Crippen LogP contribution is -2.31. The molecular formula is C25H19IN2O4S. The molecule has 6 nitrogen and oxygen atoms in total. The van der Waals surface area contributed by atoms with Crippen molar-refractivity contribution in [2.24, 2.45) is 0 Å². The average Bonchev–Trinajstić information content (AvgIpc) is 3.45. The summed E-state index contributed by atoms with van der Waals surface area (Å²) in [5, 5.41) is 11.3. The Balaban J connectivity index is 1.69. The summed E-state index contributed by atoms with van der Waals surface area (Å²) < 4.78 is 7.48. The molecule has 1 atom stereocenters. The number of furan rings is 1. The maximum Gasteiger partial charge on any atom is 0.296 e. The van der Waals surface area contributed by atoms with Gasteiger partial charge in [-0.3, -0.25) is 14.5 Å². The molecule has 1 aliphatic heterocycles. The summed E-state index contributed by atoms with van der Waals surface area (Å²) in [5.41, 5.74) is 3.59. The Morgan fingerprint density at radius 1 is 1.12 bits per heavy atom. The minimum atomic E-state index is -0.825. The number of hydrogen-bond donors (Lipinski definition) is 1. The molecule has 4 aromatic rings. The van der Waals surface area contributed by atoms with E-state index in [1.807, 2.05) is 50.2 Å². The van der Waals surface area contributed by atoms with E-state index in [-0.39, 0.29) is 11.3 Å². The number of anilines is 1. The number of aromatic nitrogens is 1. The predicted molar refractivity (Wildman–Crippen MR) is 136 cm³/mol. The third kappa shape index (κ3) is 3.67. The van der Waals surface area contributed by atoms with Crippen molar-refractivity contribution < 1.29 is 19.1 Å². The van der Waals surface area contributed by atoms with Gasteiger partial charge < -0.3 is 9.52 Å². The number of nitrogens with zero attached hydrogens (tertiary/aromatic N) is 2. The molecule has 0 spiro atoms. The second-order valence-corrected chi connectivity index (χ2v) is 10.3. The van der Waals surface area contributed by atoms with Crippen LogP contribution in [0.5, 0.6) is 0 Å². The van der Waals surface area contributed by atoms with Gasteiger partial charge in [-0.15, -0.1) is 0 Å². The van der Waals surface area contributed by atoms with Crippen molar-refractivity contribution in [1.29, 1.82) is 0 Å². The number of benzene rings is 2. The first-order chi connectivity index (χ1) is 15.7. The summed E-state index contributed by atoms with van der Waals surface area (Å²) in [7, 11) is 0. The lowest BCUT2D eigenvalue weighted by molar-refractivity contribution is -0.117. The first-order valence-corrected chi connectivity index (χ1v) is 12.1. The summed E-state index contributed by atoms with van der Waals surface area (Å²) in [6.07, 6.45) is 0. The van der Waals surface area contributed by atoms with E-state index in [1.54, 1.807) is 19.1 Å². The Morgan fingerprint density at radius 3 is 2.52 bits per heavy atom. The molecule has 0 saturated heterocycles. The van der Waals surface area contributed by atoms with E-state index in [4.69, 9.17) is 9.40 Å². The summed E-state index contributed by atoms with van der Waals surface area (Å²) in [4.78, 5) is 32.9. The van der Waals surface area contributed by atoms with E-state index >= 15 is 0 Å². The molecule has 1 N–H and O–H groups in total. The van der Waals surface area contributed by atoms with Crippen molar-refractivity contribution in [1.82, 2.24) is 4.98 Å². The second-order valence-electron chi connectivity index (χ2n) is 8.06. The smallest absolute Gasteiger partial charge is 0.296 e. The van der Waals surface area contributed by atoms with Crippen LogP contribution in [0.25, 0.3) is 10.2 Å². The van der Waals surface area contributed by atoms with Gasteiger partial charge in [0.1, 0.15) is 5.76 Å². The van der Waals surface area contributed by atoms with Crippen LogP contribution in [-0.4, -0.2) is 21.8 Å². The molecule has 0 bridgehead atoms. The maximum atomic E-state index is 13.4. The van der Waals surface area contributed by atoms with Crippen molar-refractivity contribution in [3.8, 4) is 0 Å². The maximum absolute atomic E-state index is 13.4. The standard InChI is InChI=1S/C25H19IN2O4S/c1-12-10-13(2)20-18(11-12)33-25(27-20)28-21(15-5-7-16(26)8-6-15)19(23(30)24(28)31)22(29)17-9-4-14(3)32-17/h4-11,21,30H,1-3H3. The van der Waals surface area contributed by atoms with Gasteiger partial charge >= 0.3 is 0 Å². The van der Waals surface area contributed by atoms with Gasteiger partial charge in [-0.2, -0.15) is 0 Å². The quantitative estimate of drug-likeness (QED) is 0.233. The molecule has 0 aliphatic carbocycles. The molecule has 33 heavy (non-hydrogen) atoms. The molecule has 1 aliphatic rings. The largest absolute Gasteiger partial charge is 0.503 e. The Labute approximate surface area is 207 Å². The highest BCUT2D eigenvalue weighted by atomic mass is 127. The number of aryl methyl sites for hydroxylation is 3. The fourth-order valence-corrected chi connectivity index (χ4v) is 5.67. The van der Waals surface area contributed by atoms with Gasteiger partial charge in [0.05, 0.1) is 21.8 Å². The summed E-state index contributed by atoms with van der Waals surface area (Å²) in [5.74, 6) is -1.10. The van der Waals surface area contributed by atoms with Crippen LogP contribution in [0.1, 0.15) is 39.0 Å². The minimum Gasteiger partial charge on any atom is -0.503 e. The molecule has 8 heteroatoms. The van der Waals surface area contributed by atoms with E-state index < -0.39 is 23.5 Å². The van der Waals surface area contributed by atoms with Crippen LogP contribution in [0, 0.1) is 24.3 Å². The number of thiazole rings is 1. The van der Waals surface area contributed by atoms with Crippen molar-refractivity contribution >= 4 is 61.0 Å². The van der Waals surface area contributed by atoms with E-state index in [9.17, 15) is 14.7 Å². The van der Waals surface area contributed by atoms with Crippen LogP contribution in [0.3, 0.4) is 0 Å². The Morgan fingerprint density at radius 2 is 1.85 bits per heavy atom. The van der Waals surface area contributed by atoms with Crippen LogP contribution in [0.15, 0.2) is 64.3 Å². The van der Waals surface area contributed by atoms with Crippen molar-refractivity contribution in [3.05, 3.63) is 91.6 Å². The number of aliphatic hydroxyl groups is 1. The van der Waals surface area contributed by atoms with Crippen molar-refractivity contribution in [3.63, 3.8) is 0 Å². The first kappa shape index (κ1) is 21.8. The van der Waals surface area contributed by atoms with Crippen LogP contribution < -0.4 is 4.90 Å². The lowest BCUT2D eigenvalue weighted by atomic mass is 9.95. The van der Waals surface area contributed by atoms with Crippen LogP contribution >= 0.6 is 33.9 Å². The van der Waals surface area contributed by atoms with E-state index in [1.165, 1.54) is 16.2 Å². The number of rotatable bonds is 4. The fraction of sp³-hybridized carbons (Fsp3) is 0.160. The van der Waals surface area contributed by atoms with Gasteiger partial charge in [0.2, 0.25) is 5.78 Å². The van der Waals surface area contributed by atoms with Gasteiger partial charge in [0.25, 0.3) is 5.91 Å². The molecule has 3 heterocycles. The SMILES string of the molecule is Cc1cc(C)c2nc(N3C(=O)C(O)=C(C(=O)c4ccc(C)o4)C3c3ccc(I)cc3)sc2c1. The van der Waals surface area contributed by atoms with E-state index in [0.717, 1.165) is 24.9 Å². The fourth-order valence-electron chi connectivity index (χ4n) is 4.15. The number of ketones is 1. The summed E-state index contributed by atoms with van der Waals surface area (Å²) in [6.45, 7) is 5.72. The highest BCUT2D eigenvalue weighted by Crippen LogP contribution is 2.44. The predicted octanol–water partition coefficient (Wildman–Crippen LogP) is 6.20. The van der Waals surface area contributed by atoms with E-state index in [0.29, 0.717) is 16.5 Å². The zero-order valence-corrected chi connectivity index (χ0v) is 21.0. The third-order valence-corrected chi connectivity index (χ3v) is 7.35. The highest BCUT2D eigenvalue weighted by Gasteiger charge is 2.46. The number of halogens is 1. The van der Waals surface area contributed by atoms with E-state index in [2.05, 4.69) is 22.6 Å². The van der Waals surface area contributed by atoms with Crippen molar-refractivity contribution in [2.45, 2.75) is 26.8 Å². The molecular weight excluding hydrogens is 551 g/mol. The zero-order valence-electron chi connectivity index (χ0n) is 18.0. The third-order valence-electron chi connectivity index (χ3n) is 5.63. The second kappa shape index (κ2) is 8.11. The summed E-state index contributed by atoms with van der Waals surface area (Å²) in [6, 6.07) is 14.0. The van der Waals surface area contributed by atoms with Crippen LogP contribution in [-0.2, 0) is 4.79 Å². The minimum absolute atomic E-state index is 0.0114. The molecule has 0 radical (unpaired) electrons. The Bertz CT molecular complexity index is 1470. The molecule has 166 valence electrons. The molecule has 5 rings (SSSR count). The molecule has 0 saturated carbocycles. The van der Waals surface area contributed by atoms with Crippen molar-refractivity contribution in [2.75, 3.05) is 4.90 Å². The number of aliphatic hydroxyl groups excluding tert-OH is 1. The van der Waals surface area contributed by atoms with Crippen LogP contribution in [0.2, 0.25) is 0 Å². The lowest BCUT2D eigenvalue weighted by Gasteiger charge is -2.24. The number of fused-ring (bicyclic) bond motifs is 1. The number of amides is 1. The molecule has 0 fully saturated rings. The van der Waals surface area contributed by atoms with Gasteiger partial charge in [-0.1, -0.05) is 29.5 Å². The number of carbonyl (C=O) groups excluding carboxylic acids is 2. The zero-order chi connectivity index (χ0) is 23.4. The highest BCUT2D eigenvalue weighted by molar-refractivity contribution is 14.1. The normalized spacial score (nSPS) is 16.3. The van der Waals surface area contributed by atoms with Gasteiger partial charge in [-0.25, -0.2) is 4.98 Å². The first-order valence-electron chi connectivity index (χ1n) is 10.3. The number of Topliss-reactive ketones (excluding diaryl/α,β-unsaturated/α-hetero) is 1. The number of hydrogen-bond acceptors (Lipinski definition) is 6. The molecule has 1 unspecified atom stereocenters. The number of carbonyl (C=O) groups is 2. The Kier molecular flexibility index (Phi) is 5.37. The molecule has 1 amide bonds. The Hall–Kier alpha value is -2.98. The topological polar surface area (TPSA) is 83.6 Å². The average molecular weight is 570 g/mol. The van der Waals surface area contributed by atoms with Gasteiger partial charge in [0, 0.05) is 3.57 Å². The van der Waals surface area contributed by atoms with Gasteiger partial charge in [-0.05, 0) is 90.4 Å². The molecule has 2 aromatic heterocycles. The van der Waals surface area contributed by atoms with Gasteiger partial charge in [0.15, 0.2) is 16.7 Å². The van der Waals surface area contributed by atoms with Crippen LogP contribution in [0.4, 0.5) is 5.13 Å². The monoisotopic (exact) mass is 570 g/mol. The summed E-state index contributed by atoms with van der Waals surface area (Å²) >= 11 is 3.56. The molecule has 2 aromatic carbocycles.